The van der Waals surface area contributed by atoms with Gasteiger partial charge >= 0.3 is 0 Å². The molecule has 0 spiro atoms. The van der Waals surface area contributed by atoms with E-state index in [9.17, 15) is 19.2 Å². The first-order chi connectivity index (χ1) is 19.2. The maximum absolute atomic E-state index is 13.3. The fourth-order valence-corrected chi connectivity index (χ4v) is 7.92. The number of nitrogens with two attached hydrogens (primary N) is 1. The number of amides is 1. The van der Waals surface area contributed by atoms with Gasteiger partial charge in [-0.3, -0.25) is 13.9 Å². The number of anilines is 1. The molecular formula is C29H34N6O4S. The van der Waals surface area contributed by atoms with E-state index in [1.807, 2.05) is 24.3 Å². The van der Waals surface area contributed by atoms with Gasteiger partial charge in [-0.15, -0.1) is 0 Å². The molecule has 210 valence electrons. The summed E-state index contributed by atoms with van der Waals surface area (Å²) >= 11 is 0. The van der Waals surface area contributed by atoms with Gasteiger partial charge < -0.3 is 15.1 Å². The van der Waals surface area contributed by atoms with Crippen LogP contribution in [0.2, 0.25) is 0 Å². The molecule has 4 N–H and O–H groups in total. The van der Waals surface area contributed by atoms with Crippen LogP contribution in [-0.2, 0) is 4.79 Å². The first-order valence-electron chi connectivity index (χ1n) is 13.8. The van der Waals surface area contributed by atoms with Crippen LogP contribution in [0.4, 0.5) is 5.69 Å². The number of aromatic nitrogens is 3. The van der Waals surface area contributed by atoms with Crippen LogP contribution in [0.15, 0.2) is 40.9 Å². The zero-order valence-electron chi connectivity index (χ0n) is 22.5. The summed E-state index contributed by atoms with van der Waals surface area (Å²) in [7, 11) is -2.48. The molecule has 1 amide bonds. The molecule has 2 saturated carbocycles. The molecule has 1 saturated heterocycles. The third-order valence-electron chi connectivity index (χ3n) is 9.01. The molecule has 2 aromatic heterocycles. The number of carbonyl (C=O) groups is 1. The Bertz CT molecular complexity index is 1470. The first kappa shape index (κ1) is 26.7. The number of aryl methyl sites for hydroxylation is 1. The van der Waals surface area contributed by atoms with Gasteiger partial charge in [0.25, 0.3) is 0 Å². The maximum atomic E-state index is 13.3. The smallest absolute Gasteiger partial charge is 0.246 e. The zero-order chi connectivity index (χ0) is 28.1. The van der Waals surface area contributed by atoms with Crippen LogP contribution in [0.3, 0.4) is 0 Å². The summed E-state index contributed by atoms with van der Waals surface area (Å²) in [5.41, 5.74) is 7.34. The van der Waals surface area contributed by atoms with Crippen LogP contribution in [0.25, 0.3) is 22.8 Å². The molecule has 11 heteroatoms. The number of carbonyl (C=O) groups excluding carboxylic acids is 1. The molecule has 3 aliphatic rings. The molecule has 2 atom stereocenters. The van der Waals surface area contributed by atoms with Gasteiger partial charge in [-0.25, -0.2) is 15.0 Å². The van der Waals surface area contributed by atoms with Crippen molar-refractivity contribution in [1.29, 1.82) is 5.26 Å². The van der Waals surface area contributed by atoms with Crippen LogP contribution in [-0.4, -0.2) is 54.6 Å². The van der Waals surface area contributed by atoms with E-state index in [4.69, 9.17) is 15.1 Å². The van der Waals surface area contributed by atoms with E-state index < -0.39 is 27.3 Å². The predicted molar refractivity (Wildman–Crippen MR) is 153 cm³/mol. The summed E-state index contributed by atoms with van der Waals surface area (Å²) in [6, 6.07) is 12.2. The average molecular weight is 563 g/mol. The van der Waals surface area contributed by atoms with Crippen LogP contribution in [0.1, 0.15) is 56.0 Å². The van der Waals surface area contributed by atoms with Crippen LogP contribution in [0, 0.1) is 29.1 Å². The lowest BCUT2D eigenvalue weighted by atomic mass is 9.56. The van der Waals surface area contributed by atoms with Crippen molar-refractivity contribution in [3.05, 3.63) is 48.1 Å². The number of nitrogens with zero attached hydrogens (tertiary/aromatic N) is 5. The average Bonchev–Trinajstić information content (AvgIpc) is 3.64. The highest BCUT2D eigenvalue weighted by atomic mass is 32.3. The van der Waals surface area contributed by atoms with Gasteiger partial charge in [0.15, 0.2) is 0 Å². The minimum atomic E-state index is -2.48. The molecule has 3 fully saturated rings. The lowest BCUT2D eigenvalue weighted by Gasteiger charge is -2.44. The van der Waals surface area contributed by atoms with Crippen molar-refractivity contribution in [1.82, 2.24) is 15.0 Å². The van der Waals surface area contributed by atoms with E-state index in [2.05, 4.69) is 20.9 Å². The minimum Gasteiger partial charge on any atom is -0.439 e. The highest BCUT2D eigenvalue weighted by Gasteiger charge is 2.67. The molecule has 0 radical (unpaired) electrons. The van der Waals surface area contributed by atoms with E-state index in [0.29, 0.717) is 79.1 Å². The number of rotatable bonds is 6. The number of primary amides is 1. The number of hydrogen-bond donors (Lipinski definition) is 3. The maximum Gasteiger partial charge on any atom is 0.246 e. The number of nitriles is 1. The van der Waals surface area contributed by atoms with Crippen LogP contribution in [0.5, 0.6) is 0 Å². The Labute approximate surface area is 235 Å². The molecule has 1 aliphatic heterocycles. The van der Waals surface area contributed by atoms with Gasteiger partial charge in [-0.2, -0.15) is 15.9 Å². The van der Waals surface area contributed by atoms with E-state index in [1.54, 1.807) is 19.2 Å². The highest BCUT2D eigenvalue weighted by molar-refractivity contribution is 8.24. The monoisotopic (exact) mass is 562 g/mol. The molecule has 6 rings (SSSR count). The first-order valence-corrected chi connectivity index (χ1v) is 15.7. The molecule has 1 aromatic carbocycles. The standard InChI is InChI=1S/C29H34N6O4S/c1-19-32-13-9-23(33-19)26-34-24(20-5-7-21(8-6-20)35-14-16-40(37,38)17-15-35)25(39-26)22-4-2-3-10-29(22,27(31)36)28(18-30)11-12-28/h5-9,13,22,37-38H,2-4,10-12,14-17H2,1H3,(H2,31,36). The Balaban J connectivity index is 1.44. The molecule has 2 aliphatic carbocycles. The number of benzene rings is 1. The van der Waals surface area contributed by atoms with Gasteiger partial charge in [0, 0.05) is 36.5 Å². The molecular weight excluding hydrogens is 528 g/mol. The molecule has 3 aromatic rings. The second kappa shape index (κ2) is 9.87. The Morgan fingerprint density at radius 1 is 1.12 bits per heavy atom. The Hall–Kier alpha value is -3.46. The van der Waals surface area contributed by atoms with E-state index in [1.165, 1.54) is 0 Å². The summed E-state index contributed by atoms with van der Waals surface area (Å²) < 4.78 is 26.5. The molecule has 3 heterocycles. The van der Waals surface area contributed by atoms with Gasteiger partial charge in [0.05, 0.1) is 28.4 Å². The second-order valence-electron chi connectivity index (χ2n) is 11.3. The summed E-state index contributed by atoms with van der Waals surface area (Å²) in [6.45, 7) is 2.96. The third-order valence-corrected chi connectivity index (χ3v) is 10.7. The van der Waals surface area contributed by atoms with Crippen molar-refractivity contribution >= 4 is 22.2 Å². The number of oxazole rings is 1. The normalized spacial score (nSPS) is 26.1. The summed E-state index contributed by atoms with van der Waals surface area (Å²) in [6.07, 6.45) is 5.92. The van der Waals surface area contributed by atoms with Crippen molar-refractivity contribution in [2.45, 2.75) is 51.4 Å². The molecule has 2 unspecified atom stereocenters. The van der Waals surface area contributed by atoms with E-state index >= 15 is 0 Å². The zero-order valence-corrected chi connectivity index (χ0v) is 23.4. The Morgan fingerprint density at radius 3 is 2.48 bits per heavy atom. The minimum absolute atomic E-state index is 0.339. The summed E-state index contributed by atoms with van der Waals surface area (Å²) in [4.78, 5) is 29.1. The lowest BCUT2D eigenvalue weighted by molar-refractivity contribution is -0.135. The molecule has 10 nitrogen and oxygen atoms in total. The predicted octanol–water partition coefficient (Wildman–Crippen LogP) is 5.11. The van der Waals surface area contributed by atoms with E-state index in [-0.39, 0.29) is 5.92 Å². The van der Waals surface area contributed by atoms with Crippen LogP contribution < -0.4 is 10.6 Å². The largest absolute Gasteiger partial charge is 0.439 e. The van der Waals surface area contributed by atoms with Crippen molar-refractivity contribution in [3.63, 3.8) is 0 Å². The van der Waals surface area contributed by atoms with Gasteiger partial charge in [-0.1, -0.05) is 25.0 Å². The van der Waals surface area contributed by atoms with Gasteiger partial charge in [-0.05, 0) is 50.8 Å². The quantitative estimate of drug-likeness (QED) is 0.370. The van der Waals surface area contributed by atoms with Crippen LogP contribution >= 0.6 is 10.6 Å². The van der Waals surface area contributed by atoms with Crippen molar-refractivity contribution in [2.24, 2.45) is 16.6 Å². The van der Waals surface area contributed by atoms with Gasteiger partial charge in [0.1, 0.15) is 23.0 Å². The van der Waals surface area contributed by atoms with Crippen molar-refractivity contribution in [3.8, 4) is 28.9 Å². The summed E-state index contributed by atoms with van der Waals surface area (Å²) in [5, 5.41) is 10.2. The SMILES string of the molecule is Cc1nccc(-c2nc(-c3ccc(N4CCS(O)(O)CC4)cc3)c(C3CCCCC3(C(N)=O)C3(C#N)CC3)o2)n1. The molecule has 0 bridgehead atoms. The molecule has 40 heavy (non-hydrogen) atoms. The Kier molecular flexibility index (Phi) is 6.60. The topological polar surface area (TPSA) is 162 Å². The second-order valence-corrected chi connectivity index (χ2v) is 13.7. The Morgan fingerprint density at radius 2 is 1.85 bits per heavy atom. The summed E-state index contributed by atoms with van der Waals surface area (Å²) in [5.74, 6) is 1.41. The fourth-order valence-electron chi connectivity index (χ4n) is 6.69. The lowest BCUT2D eigenvalue weighted by Crippen LogP contribution is -2.50. The fraction of sp³-hybridized carbons (Fsp3) is 0.483. The number of hydrogen-bond acceptors (Lipinski definition) is 9. The van der Waals surface area contributed by atoms with E-state index in [0.717, 1.165) is 24.1 Å². The highest BCUT2D eigenvalue weighted by Crippen LogP contribution is 2.68. The van der Waals surface area contributed by atoms with Crippen molar-refractivity contribution < 1.29 is 18.3 Å². The van der Waals surface area contributed by atoms with Gasteiger partial charge in [0.2, 0.25) is 11.8 Å². The third kappa shape index (κ3) is 4.44. The van der Waals surface area contributed by atoms with Crippen molar-refractivity contribution in [2.75, 3.05) is 29.5 Å².